The van der Waals surface area contributed by atoms with Crippen LogP contribution in [-0.4, -0.2) is 11.6 Å². The van der Waals surface area contributed by atoms with Gasteiger partial charge >= 0.3 is 0 Å². The number of aryl methyl sites for hydroxylation is 2. The average Bonchev–Trinajstić information content (AvgIpc) is 2.62. The Balaban J connectivity index is 2.04. The highest BCUT2D eigenvalue weighted by Gasteiger charge is 2.21. The zero-order chi connectivity index (χ0) is 17.4. The second-order valence-corrected chi connectivity index (χ2v) is 6.35. The fourth-order valence-corrected chi connectivity index (χ4v) is 3.08. The standard InChI is InChI=1S/C22H18N2O/c1-14-8-10-19-17(12-14)21(16-6-4-3-5-7-16)23-20-11-9-15(2)13-18(20)22(25)24-19/h3-13H,1-2H3,(H,24,25). The summed E-state index contributed by atoms with van der Waals surface area (Å²) < 4.78 is 0. The summed E-state index contributed by atoms with van der Waals surface area (Å²) in [5.74, 6) is -0.125. The lowest BCUT2D eigenvalue weighted by Gasteiger charge is -2.19. The number of hydrogen-bond acceptors (Lipinski definition) is 2. The molecule has 25 heavy (non-hydrogen) atoms. The molecule has 0 spiro atoms. The minimum atomic E-state index is -0.125. The first-order chi connectivity index (χ1) is 12.1. The van der Waals surface area contributed by atoms with Gasteiger partial charge in [0.15, 0.2) is 0 Å². The average molecular weight is 326 g/mol. The Bertz CT molecular complexity index is 1000. The molecule has 1 aliphatic heterocycles. The van der Waals surface area contributed by atoms with Gasteiger partial charge in [-0.15, -0.1) is 0 Å². The summed E-state index contributed by atoms with van der Waals surface area (Å²) in [5, 5.41) is 3.05. The predicted octanol–water partition coefficient (Wildman–Crippen LogP) is 5.04. The van der Waals surface area contributed by atoms with Crippen molar-refractivity contribution in [2.45, 2.75) is 13.8 Å². The molecule has 0 atom stereocenters. The minimum absolute atomic E-state index is 0.125. The van der Waals surface area contributed by atoms with Gasteiger partial charge in [-0.05, 0) is 38.1 Å². The molecular weight excluding hydrogens is 308 g/mol. The first kappa shape index (κ1) is 15.3. The van der Waals surface area contributed by atoms with Crippen molar-refractivity contribution in [2.24, 2.45) is 4.99 Å². The summed E-state index contributed by atoms with van der Waals surface area (Å²) in [5.41, 5.74) is 7.06. The maximum Gasteiger partial charge on any atom is 0.257 e. The van der Waals surface area contributed by atoms with Gasteiger partial charge in [-0.25, -0.2) is 4.99 Å². The van der Waals surface area contributed by atoms with Crippen LogP contribution in [0.2, 0.25) is 0 Å². The molecule has 0 aliphatic carbocycles. The number of rotatable bonds is 1. The highest BCUT2D eigenvalue weighted by molar-refractivity contribution is 6.21. The molecule has 122 valence electrons. The van der Waals surface area contributed by atoms with Gasteiger partial charge in [0.2, 0.25) is 0 Å². The summed E-state index contributed by atoms with van der Waals surface area (Å²) >= 11 is 0. The van der Waals surface area contributed by atoms with E-state index in [0.717, 1.165) is 33.7 Å². The predicted molar refractivity (Wildman–Crippen MR) is 102 cm³/mol. The Kier molecular flexibility index (Phi) is 3.69. The van der Waals surface area contributed by atoms with Crippen molar-refractivity contribution in [3.63, 3.8) is 0 Å². The molecule has 1 N–H and O–H groups in total. The lowest BCUT2D eigenvalue weighted by atomic mass is 9.97. The van der Waals surface area contributed by atoms with Gasteiger partial charge in [0.25, 0.3) is 5.91 Å². The zero-order valence-corrected chi connectivity index (χ0v) is 14.2. The van der Waals surface area contributed by atoms with E-state index in [1.807, 2.05) is 74.5 Å². The van der Waals surface area contributed by atoms with Crippen LogP contribution in [0.25, 0.3) is 0 Å². The summed E-state index contributed by atoms with van der Waals surface area (Å²) in [7, 11) is 0. The molecule has 0 radical (unpaired) electrons. The van der Waals surface area contributed by atoms with E-state index in [1.165, 1.54) is 0 Å². The fourth-order valence-electron chi connectivity index (χ4n) is 3.08. The van der Waals surface area contributed by atoms with Gasteiger partial charge in [0.1, 0.15) is 0 Å². The van der Waals surface area contributed by atoms with Crippen molar-refractivity contribution < 1.29 is 4.79 Å². The van der Waals surface area contributed by atoms with E-state index in [0.29, 0.717) is 11.3 Å². The van der Waals surface area contributed by atoms with Gasteiger partial charge in [-0.2, -0.15) is 0 Å². The van der Waals surface area contributed by atoms with Crippen LogP contribution in [0.1, 0.15) is 32.6 Å². The van der Waals surface area contributed by atoms with Gasteiger partial charge in [0.05, 0.1) is 22.6 Å². The summed E-state index contributed by atoms with van der Waals surface area (Å²) in [4.78, 5) is 17.6. The van der Waals surface area contributed by atoms with Crippen LogP contribution in [0.3, 0.4) is 0 Å². The van der Waals surface area contributed by atoms with Gasteiger partial charge in [0, 0.05) is 11.1 Å². The smallest absolute Gasteiger partial charge is 0.257 e. The van der Waals surface area contributed by atoms with Crippen molar-refractivity contribution in [3.05, 3.63) is 94.5 Å². The Hall–Kier alpha value is -3.20. The van der Waals surface area contributed by atoms with Crippen LogP contribution in [0.5, 0.6) is 0 Å². The van der Waals surface area contributed by atoms with E-state index in [4.69, 9.17) is 4.99 Å². The molecule has 0 bridgehead atoms. The number of hydrogen-bond donors (Lipinski definition) is 1. The largest absolute Gasteiger partial charge is 0.321 e. The maximum atomic E-state index is 12.7. The second-order valence-electron chi connectivity index (χ2n) is 6.35. The van der Waals surface area contributed by atoms with Crippen LogP contribution in [0, 0.1) is 13.8 Å². The van der Waals surface area contributed by atoms with E-state index >= 15 is 0 Å². The third-order valence-electron chi connectivity index (χ3n) is 4.35. The quantitative estimate of drug-likeness (QED) is 0.669. The van der Waals surface area contributed by atoms with E-state index in [2.05, 4.69) is 11.4 Å². The number of carbonyl (C=O) groups is 1. The number of benzene rings is 3. The monoisotopic (exact) mass is 326 g/mol. The Morgan fingerprint density at radius 1 is 0.800 bits per heavy atom. The molecule has 1 amide bonds. The lowest BCUT2D eigenvalue weighted by Crippen LogP contribution is -2.18. The van der Waals surface area contributed by atoms with Gasteiger partial charge in [-0.1, -0.05) is 53.6 Å². The minimum Gasteiger partial charge on any atom is -0.321 e. The van der Waals surface area contributed by atoms with E-state index in [1.54, 1.807) is 0 Å². The first-order valence-corrected chi connectivity index (χ1v) is 8.29. The number of anilines is 1. The lowest BCUT2D eigenvalue weighted by molar-refractivity contribution is 0.102. The second kappa shape index (κ2) is 6.02. The Morgan fingerprint density at radius 2 is 1.48 bits per heavy atom. The Labute approximate surface area is 147 Å². The van der Waals surface area contributed by atoms with Crippen LogP contribution in [0.4, 0.5) is 11.4 Å². The van der Waals surface area contributed by atoms with Crippen LogP contribution in [0.15, 0.2) is 71.7 Å². The Morgan fingerprint density at radius 3 is 2.24 bits per heavy atom. The van der Waals surface area contributed by atoms with Crippen molar-refractivity contribution in [3.8, 4) is 0 Å². The van der Waals surface area contributed by atoms with Crippen molar-refractivity contribution in [2.75, 3.05) is 5.32 Å². The summed E-state index contributed by atoms with van der Waals surface area (Å²) in [6.07, 6.45) is 0. The number of nitrogens with zero attached hydrogens (tertiary/aromatic N) is 1. The molecule has 0 fully saturated rings. The third-order valence-corrected chi connectivity index (χ3v) is 4.35. The number of fused-ring (bicyclic) bond motifs is 2. The molecule has 1 aliphatic rings. The molecule has 3 aromatic carbocycles. The zero-order valence-electron chi connectivity index (χ0n) is 14.2. The van der Waals surface area contributed by atoms with E-state index < -0.39 is 0 Å². The first-order valence-electron chi connectivity index (χ1n) is 8.29. The molecular formula is C22H18N2O. The molecule has 4 rings (SSSR count). The van der Waals surface area contributed by atoms with Crippen molar-refractivity contribution in [1.82, 2.24) is 0 Å². The number of amides is 1. The molecule has 0 saturated carbocycles. The fraction of sp³-hybridized carbons (Fsp3) is 0.0909. The van der Waals surface area contributed by atoms with Crippen molar-refractivity contribution in [1.29, 1.82) is 0 Å². The molecule has 0 saturated heterocycles. The number of carbonyl (C=O) groups excluding carboxylic acids is 1. The molecule has 0 aromatic heterocycles. The topological polar surface area (TPSA) is 41.5 Å². The normalized spacial score (nSPS) is 13.0. The van der Waals surface area contributed by atoms with Gasteiger partial charge < -0.3 is 5.32 Å². The number of nitrogens with one attached hydrogen (secondary N) is 1. The summed E-state index contributed by atoms with van der Waals surface area (Å²) in [6, 6.07) is 21.9. The van der Waals surface area contributed by atoms with Crippen LogP contribution < -0.4 is 5.32 Å². The van der Waals surface area contributed by atoms with Crippen LogP contribution in [-0.2, 0) is 0 Å². The van der Waals surface area contributed by atoms with Crippen molar-refractivity contribution >= 4 is 23.0 Å². The maximum absolute atomic E-state index is 12.7. The third kappa shape index (κ3) is 2.85. The molecule has 0 unspecified atom stereocenters. The SMILES string of the molecule is Cc1ccc2c(c1)C(=O)Nc1ccc(C)cc1C(c1ccccc1)=N2. The molecule has 3 heteroatoms. The van der Waals surface area contributed by atoms with Crippen LogP contribution >= 0.6 is 0 Å². The molecule has 1 heterocycles. The van der Waals surface area contributed by atoms with E-state index in [-0.39, 0.29) is 5.91 Å². The highest BCUT2D eigenvalue weighted by atomic mass is 16.1. The van der Waals surface area contributed by atoms with Gasteiger partial charge in [-0.3, -0.25) is 4.79 Å². The number of aliphatic imine (C=N–C) groups is 1. The highest BCUT2D eigenvalue weighted by Crippen LogP contribution is 2.30. The molecule has 3 aromatic rings. The summed E-state index contributed by atoms with van der Waals surface area (Å²) in [6.45, 7) is 4.02. The molecule has 3 nitrogen and oxygen atoms in total. The van der Waals surface area contributed by atoms with E-state index in [9.17, 15) is 4.79 Å².